The van der Waals surface area contributed by atoms with Crippen LogP contribution in [-0.2, 0) is 11.2 Å². The standard InChI is InChI=1S/C14H20FNO2/c1-10(2)13(17)9-16-14(18)8-5-11-3-6-12(15)7-4-11/h3-4,6-7,10,13,17H,5,8-9H2,1-2H3,(H,16,18). The summed E-state index contributed by atoms with van der Waals surface area (Å²) in [6.45, 7) is 4.07. The minimum atomic E-state index is -0.514. The van der Waals surface area contributed by atoms with Crippen molar-refractivity contribution >= 4 is 5.91 Å². The summed E-state index contributed by atoms with van der Waals surface area (Å²) >= 11 is 0. The minimum absolute atomic E-state index is 0.0981. The van der Waals surface area contributed by atoms with Crippen LogP contribution in [0, 0.1) is 11.7 Å². The molecular weight excluding hydrogens is 233 g/mol. The molecule has 1 atom stereocenters. The third kappa shape index (κ3) is 5.27. The maximum absolute atomic E-state index is 12.7. The van der Waals surface area contributed by atoms with Crippen molar-refractivity contribution in [3.63, 3.8) is 0 Å². The predicted octanol–water partition coefficient (Wildman–Crippen LogP) is 1.89. The van der Waals surface area contributed by atoms with Gasteiger partial charge in [-0.05, 0) is 30.0 Å². The van der Waals surface area contributed by atoms with Gasteiger partial charge in [0.1, 0.15) is 5.82 Å². The van der Waals surface area contributed by atoms with E-state index in [0.29, 0.717) is 12.8 Å². The molecule has 0 aliphatic rings. The zero-order valence-electron chi connectivity index (χ0n) is 10.8. The van der Waals surface area contributed by atoms with Crippen molar-refractivity contribution in [2.75, 3.05) is 6.54 Å². The molecule has 0 spiro atoms. The largest absolute Gasteiger partial charge is 0.391 e. The Morgan fingerprint density at radius 1 is 1.33 bits per heavy atom. The number of halogens is 1. The van der Waals surface area contributed by atoms with Crippen LogP contribution in [0.2, 0.25) is 0 Å². The average Bonchev–Trinajstić information content (AvgIpc) is 2.35. The highest BCUT2D eigenvalue weighted by Crippen LogP contribution is 2.05. The first-order chi connectivity index (χ1) is 8.49. The van der Waals surface area contributed by atoms with E-state index in [4.69, 9.17) is 0 Å². The van der Waals surface area contributed by atoms with Crippen molar-refractivity contribution in [2.24, 2.45) is 5.92 Å². The molecule has 1 rings (SSSR count). The van der Waals surface area contributed by atoms with Gasteiger partial charge < -0.3 is 10.4 Å². The molecule has 1 aromatic carbocycles. The highest BCUT2D eigenvalue weighted by Gasteiger charge is 2.10. The van der Waals surface area contributed by atoms with Gasteiger partial charge in [0.25, 0.3) is 0 Å². The maximum Gasteiger partial charge on any atom is 0.220 e. The van der Waals surface area contributed by atoms with Gasteiger partial charge in [0.05, 0.1) is 6.10 Å². The number of aryl methyl sites for hydroxylation is 1. The van der Waals surface area contributed by atoms with E-state index in [1.165, 1.54) is 12.1 Å². The lowest BCUT2D eigenvalue weighted by Crippen LogP contribution is -2.34. The van der Waals surface area contributed by atoms with Crippen molar-refractivity contribution < 1.29 is 14.3 Å². The third-order valence-electron chi connectivity index (χ3n) is 2.83. The van der Waals surface area contributed by atoms with Crippen LogP contribution in [0.15, 0.2) is 24.3 Å². The number of hydrogen-bond donors (Lipinski definition) is 2. The second-order valence-electron chi connectivity index (χ2n) is 4.74. The number of amides is 1. The molecule has 1 unspecified atom stereocenters. The molecule has 0 aromatic heterocycles. The van der Waals surface area contributed by atoms with Gasteiger partial charge >= 0.3 is 0 Å². The zero-order valence-corrected chi connectivity index (χ0v) is 10.8. The second kappa shape index (κ2) is 7.11. The Morgan fingerprint density at radius 2 is 1.94 bits per heavy atom. The number of carbonyl (C=O) groups excluding carboxylic acids is 1. The molecule has 100 valence electrons. The smallest absolute Gasteiger partial charge is 0.220 e. The molecule has 0 saturated heterocycles. The maximum atomic E-state index is 12.7. The molecule has 0 fully saturated rings. The van der Waals surface area contributed by atoms with Gasteiger partial charge in [-0.1, -0.05) is 26.0 Å². The number of hydrogen-bond acceptors (Lipinski definition) is 2. The minimum Gasteiger partial charge on any atom is -0.391 e. The van der Waals surface area contributed by atoms with Gasteiger partial charge in [0.15, 0.2) is 0 Å². The van der Waals surface area contributed by atoms with Gasteiger partial charge in [0.2, 0.25) is 5.91 Å². The van der Waals surface area contributed by atoms with E-state index in [-0.39, 0.29) is 24.2 Å². The van der Waals surface area contributed by atoms with E-state index in [1.807, 2.05) is 13.8 Å². The lowest BCUT2D eigenvalue weighted by atomic mass is 10.1. The van der Waals surface area contributed by atoms with Crippen LogP contribution in [0.5, 0.6) is 0 Å². The van der Waals surface area contributed by atoms with Crippen LogP contribution in [0.4, 0.5) is 4.39 Å². The van der Waals surface area contributed by atoms with E-state index in [1.54, 1.807) is 12.1 Å². The van der Waals surface area contributed by atoms with Crippen LogP contribution in [-0.4, -0.2) is 23.7 Å². The summed E-state index contributed by atoms with van der Waals surface area (Å²) < 4.78 is 12.7. The Morgan fingerprint density at radius 3 is 2.50 bits per heavy atom. The highest BCUT2D eigenvalue weighted by atomic mass is 19.1. The fourth-order valence-corrected chi connectivity index (χ4v) is 1.45. The topological polar surface area (TPSA) is 49.3 Å². The van der Waals surface area contributed by atoms with Gasteiger partial charge in [-0.2, -0.15) is 0 Å². The molecule has 18 heavy (non-hydrogen) atoms. The number of nitrogens with one attached hydrogen (secondary N) is 1. The second-order valence-corrected chi connectivity index (χ2v) is 4.74. The van der Waals surface area contributed by atoms with Crippen molar-refractivity contribution in [1.29, 1.82) is 0 Å². The van der Waals surface area contributed by atoms with Crippen molar-refractivity contribution in [3.8, 4) is 0 Å². The zero-order chi connectivity index (χ0) is 13.5. The molecule has 4 heteroatoms. The first-order valence-electron chi connectivity index (χ1n) is 6.18. The Bertz CT molecular complexity index is 376. The molecule has 2 N–H and O–H groups in total. The van der Waals surface area contributed by atoms with E-state index < -0.39 is 6.10 Å². The van der Waals surface area contributed by atoms with Crippen LogP contribution in [0.3, 0.4) is 0 Å². The van der Waals surface area contributed by atoms with Crippen molar-refractivity contribution in [1.82, 2.24) is 5.32 Å². The van der Waals surface area contributed by atoms with Crippen LogP contribution >= 0.6 is 0 Å². The Hall–Kier alpha value is -1.42. The summed E-state index contributed by atoms with van der Waals surface area (Å²) in [6, 6.07) is 6.11. The molecule has 1 amide bonds. The van der Waals surface area contributed by atoms with Crippen LogP contribution in [0.25, 0.3) is 0 Å². The Kier molecular flexibility index (Phi) is 5.78. The lowest BCUT2D eigenvalue weighted by molar-refractivity contribution is -0.121. The van der Waals surface area contributed by atoms with E-state index in [9.17, 15) is 14.3 Å². The quantitative estimate of drug-likeness (QED) is 0.813. The number of carbonyl (C=O) groups is 1. The monoisotopic (exact) mass is 253 g/mol. The number of aliphatic hydroxyl groups is 1. The molecule has 0 aliphatic carbocycles. The van der Waals surface area contributed by atoms with Crippen LogP contribution < -0.4 is 5.32 Å². The van der Waals surface area contributed by atoms with Gasteiger partial charge in [-0.25, -0.2) is 4.39 Å². The SMILES string of the molecule is CC(C)C(O)CNC(=O)CCc1ccc(F)cc1. The summed E-state index contributed by atoms with van der Waals surface area (Å²) in [4.78, 5) is 11.5. The normalized spacial score (nSPS) is 12.5. The van der Waals surface area contributed by atoms with Gasteiger partial charge in [-0.15, -0.1) is 0 Å². The molecule has 1 aromatic rings. The molecule has 0 aliphatic heterocycles. The fourth-order valence-electron chi connectivity index (χ4n) is 1.45. The first kappa shape index (κ1) is 14.6. The molecule has 0 bridgehead atoms. The fraction of sp³-hybridized carbons (Fsp3) is 0.500. The lowest BCUT2D eigenvalue weighted by Gasteiger charge is -2.14. The van der Waals surface area contributed by atoms with Crippen LogP contribution in [0.1, 0.15) is 25.8 Å². The van der Waals surface area contributed by atoms with Crippen molar-refractivity contribution in [2.45, 2.75) is 32.8 Å². The average molecular weight is 253 g/mol. The van der Waals surface area contributed by atoms with E-state index >= 15 is 0 Å². The highest BCUT2D eigenvalue weighted by molar-refractivity contribution is 5.76. The molecule has 0 radical (unpaired) electrons. The first-order valence-corrected chi connectivity index (χ1v) is 6.18. The van der Waals surface area contributed by atoms with Gasteiger partial charge in [-0.3, -0.25) is 4.79 Å². The summed E-state index contributed by atoms with van der Waals surface area (Å²) in [5.74, 6) is -0.246. The molecule has 0 heterocycles. The summed E-state index contributed by atoms with van der Waals surface area (Å²) in [6.07, 6.45) is 0.403. The number of benzene rings is 1. The van der Waals surface area contributed by atoms with E-state index in [2.05, 4.69) is 5.32 Å². The summed E-state index contributed by atoms with van der Waals surface area (Å²) in [7, 11) is 0. The number of rotatable bonds is 6. The summed E-state index contributed by atoms with van der Waals surface area (Å²) in [5, 5.41) is 12.2. The summed E-state index contributed by atoms with van der Waals surface area (Å²) in [5.41, 5.74) is 0.927. The molecular formula is C14H20FNO2. The number of aliphatic hydroxyl groups excluding tert-OH is 1. The Balaban J connectivity index is 2.27. The van der Waals surface area contributed by atoms with E-state index in [0.717, 1.165) is 5.56 Å². The van der Waals surface area contributed by atoms with Gasteiger partial charge in [0, 0.05) is 13.0 Å². The van der Waals surface area contributed by atoms with Crippen molar-refractivity contribution in [3.05, 3.63) is 35.6 Å². The predicted molar refractivity (Wildman–Crippen MR) is 68.6 cm³/mol. The molecule has 3 nitrogen and oxygen atoms in total. The third-order valence-corrected chi connectivity index (χ3v) is 2.83. The Labute approximate surface area is 107 Å². The molecule has 0 saturated carbocycles.